The van der Waals surface area contributed by atoms with Gasteiger partial charge in [0.2, 0.25) is 5.91 Å². The van der Waals surface area contributed by atoms with Gasteiger partial charge >= 0.3 is 0 Å². The second-order valence-electron chi connectivity index (χ2n) is 6.77. The van der Waals surface area contributed by atoms with Crippen LogP contribution in [-0.4, -0.2) is 35.4 Å². The number of nitrogens with one attached hydrogen (secondary N) is 1. The number of hydrogen-bond acceptors (Lipinski definition) is 4. The minimum Gasteiger partial charge on any atom is -0.324 e. The smallest absolute Gasteiger partial charge is 0.238 e. The number of aromatic nitrogens is 1. The minimum absolute atomic E-state index is 0.145. The normalized spacial score (nSPS) is 17.9. The van der Waals surface area contributed by atoms with Gasteiger partial charge in [-0.15, -0.1) is 11.3 Å². The Labute approximate surface area is 166 Å². The Hall–Kier alpha value is -2.02. The summed E-state index contributed by atoms with van der Waals surface area (Å²) in [4.78, 5) is 19.3. The van der Waals surface area contributed by atoms with E-state index in [1.807, 2.05) is 18.2 Å². The fourth-order valence-corrected chi connectivity index (χ4v) is 4.76. The van der Waals surface area contributed by atoms with E-state index in [0.29, 0.717) is 11.6 Å². The Morgan fingerprint density at radius 1 is 1.33 bits per heavy atom. The average Bonchev–Trinajstić information content (AvgIpc) is 3.08. The Bertz CT molecular complexity index is 944. The first-order valence-electron chi connectivity index (χ1n) is 8.91. The Morgan fingerprint density at radius 2 is 2.19 bits per heavy atom. The number of anilines is 1. The fourth-order valence-electron chi connectivity index (χ4n) is 3.45. The second-order valence-corrected chi connectivity index (χ2v) is 8.24. The number of benzene rings is 2. The van der Waals surface area contributed by atoms with Crippen LogP contribution in [0.3, 0.4) is 0 Å². The van der Waals surface area contributed by atoms with E-state index in [4.69, 9.17) is 16.6 Å². The number of carbonyl (C=O) groups excluding carboxylic acids is 1. The zero-order valence-corrected chi connectivity index (χ0v) is 16.2. The molecule has 27 heavy (non-hydrogen) atoms. The van der Waals surface area contributed by atoms with Gasteiger partial charge in [0, 0.05) is 12.5 Å². The molecule has 1 amide bonds. The first-order valence-corrected chi connectivity index (χ1v) is 10.1. The van der Waals surface area contributed by atoms with Crippen LogP contribution in [0.4, 0.5) is 10.1 Å². The number of rotatable bonds is 4. The molecule has 1 fully saturated rings. The number of fused-ring (bicyclic) bond motifs is 1. The van der Waals surface area contributed by atoms with E-state index in [0.717, 1.165) is 36.5 Å². The van der Waals surface area contributed by atoms with Crippen molar-refractivity contribution < 1.29 is 9.18 Å². The highest BCUT2D eigenvalue weighted by Crippen LogP contribution is 2.33. The Kier molecular flexibility index (Phi) is 5.38. The Balaban J connectivity index is 1.40. The highest BCUT2D eigenvalue weighted by atomic mass is 35.5. The average molecular weight is 404 g/mol. The number of nitrogens with zero attached hydrogens (tertiary/aromatic N) is 2. The summed E-state index contributed by atoms with van der Waals surface area (Å²) >= 11 is 7.72. The molecule has 4 rings (SSSR count). The highest BCUT2D eigenvalue weighted by Gasteiger charge is 2.25. The molecule has 2 heterocycles. The monoisotopic (exact) mass is 403 g/mol. The van der Waals surface area contributed by atoms with Crippen molar-refractivity contribution in [1.29, 1.82) is 0 Å². The van der Waals surface area contributed by atoms with Gasteiger partial charge in [0.25, 0.3) is 0 Å². The maximum Gasteiger partial charge on any atom is 0.238 e. The number of para-hydroxylation sites is 1. The van der Waals surface area contributed by atoms with Gasteiger partial charge < -0.3 is 5.32 Å². The van der Waals surface area contributed by atoms with Crippen molar-refractivity contribution in [3.8, 4) is 0 Å². The van der Waals surface area contributed by atoms with E-state index in [2.05, 4.69) is 16.3 Å². The minimum atomic E-state index is -0.423. The first-order chi connectivity index (χ1) is 13.1. The third-order valence-electron chi connectivity index (χ3n) is 4.74. The SMILES string of the molecule is O=C(CN1CCC[C@H](c2nc3ccccc3s2)C1)Nc1ccc(F)cc1Cl. The molecule has 1 N–H and O–H groups in total. The molecular formula is C20H19ClFN3OS. The zero-order chi connectivity index (χ0) is 18.8. The summed E-state index contributed by atoms with van der Waals surface area (Å²) in [5, 5.41) is 4.11. The molecule has 1 aromatic heterocycles. The molecular weight excluding hydrogens is 385 g/mol. The van der Waals surface area contributed by atoms with Gasteiger partial charge in [-0.1, -0.05) is 23.7 Å². The summed E-state index contributed by atoms with van der Waals surface area (Å²) < 4.78 is 14.3. The lowest BCUT2D eigenvalue weighted by atomic mass is 9.99. The van der Waals surface area contributed by atoms with Crippen LogP contribution < -0.4 is 5.32 Å². The molecule has 1 saturated heterocycles. The van der Waals surface area contributed by atoms with Crippen molar-refractivity contribution in [3.05, 3.63) is 58.3 Å². The van der Waals surface area contributed by atoms with Gasteiger partial charge in [0.1, 0.15) is 5.82 Å². The summed E-state index contributed by atoms with van der Waals surface area (Å²) in [7, 11) is 0. The van der Waals surface area contributed by atoms with Crippen LogP contribution in [0.1, 0.15) is 23.8 Å². The third kappa shape index (κ3) is 4.29. The molecule has 0 radical (unpaired) electrons. The molecule has 1 aliphatic rings. The summed E-state index contributed by atoms with van der Waals surface area (Å²) in [6, 6.07) is 12.1. The molecule has 4 nitrogen and oxygen atoms in total. The quantitative estimate of drug-likeness (QED) is 0.673. The lowest BCUT2D eigenvalue weighted by molar-refractivity contribution is -0.117. The molecule has 0 spiro atoms. The van der Waals surface area contributed by atoms with Gasteiger partial charge in [-0.05, 0) is 49.7 Å². The van der Waals surface area contributed by atoms with E-state index in [1.165, 1.54) is 22.9 Å². The summed E-state index contributed by atoms with van der Waals surface area (Å²) in [6.07, 6.45) is 2.12. The number of thiazole rings is 1. The van der Waals surface area contributed by atoms with E-state index in [-0.39, 0.29) is 17.5 Å². The van der Waals surface area contributed by atoms with E-state index in [1.54, 1.807) is 11.3 Å². The van der Waals surface area contributed by atoms with Crippen LogP contribution in [0, 0.1) is 5.82 Å². The van der Waals surface area contributed by atoms with Crippen LogP contribution in [0.25, 0.3) is 10.2 Å². The summed E-state index contributed by atoms with van der Waals surface area (Å²) in [6.45, 7) is 1.98. The van der Waals surface area contributed by atoms with Crippen molar-refractivity contribution in [3.63, 3.8) is 0 Å². The maximum absolute atomic E-state index is 13.1. The van der Waals surface area contributed by atoms with Gasteiger partial charge in [0.15, 0.2) is 0 Å². The molecule has 3 aromatic rings. The van der Waals surface area contributed by atoms with E-state index < -0.39 is 5.82 Å². The molecule has 0 unspecified atom stereocenters. The largest absolute Gasteiger partial charge is 0.324 e. The lowest BCUT2D eigenvalue weighted by Gasteiger charge is -2.31. The van der Waals surface area contributed by atoms with Gasteiger partial charge in [0.05, 0.1) is 32.5 Å². The fraction of sp³-hybridized carbons (Fsp3) is 0.300. The van der Waals surface area contributed by atoms with Crippen molar-refractivity contribution in [2.75, 3.05) is 25.0 Å². The molecule has 1 atom stereocenters. The summed E-state index contributed by atoms with van der Waals surface area (Å²) in [5.74, 6) is -0.223. The standard InChI is InChI=1S/C20H19ClFN3OS/c21-15-10-14(22)7-8-16(15)23-19(26)12-25-9-3-4-13(11-25)20-24-17-5-1-2-6-18(17)27-20/h1-2,5-8,10,13H,3-4,9,11-12H2,(H,23,26)/t13-/m0/s1. The number of amides is 1. The molecule has 140 valence electrons. The second kappa shape index (κ2) is 7.92. The molecule has 0 saturated carbocycles. The highest BCUT2D eigenvalue weighted by molar-refractivity contribution is 7.18. The lowest BCUT2D eigenvalue weighted by Crippen LogP contribution is -2.39. The molecule has 0 aliphatic carbocycles. The molecule has 7 heteroatoms. The van der Waals surface area contributed by atoms with Crippen molar-refractivity contribution in [1.82, 2.24) is 9.88 Å². The van der Waals surface area contributed by atoms with Crippen molar-refractivity contribution in [2.24, 2.45) is 0 Å². The zero-order valence-electron chi connectivity index (χ0n) is 14.6. The predicted octanol–water partition coefficient (Wildman–Crippen LogP) is 4.91. The van der Waals surface area contributed by atoms with Crippen molar-refractivity contribution in [2.45, 2.75) is 18.8 Å². The van der Waals surface area contributed by atoms with Crippen LogP contribution in [0.5, 0.6) is 0 Å². The number of carbonyl (C=O) groups is 1. The number of piperidine rings is 1. The molecule has 2 aromatic carbocycles. The Morgan fingerprint density at radius 3 is 3.00 bits per heavy atom. The van der Waals surface area contributed by atoms with Crippen molar-refractivity contribution >= 4 is 44.7 Å². The van der Waals surface area contributed by atoms with Gasteiger partial charge in [-0.3, -0.25) is 9.69 Å². The first kappa shape index (κ1) is 18.3. The number of likely N-dealkylation sites (tertiary alicyclic amines) is 1. The molecule has 1 aliphatic heterocycles. The van der Waals surface area contributed by atoms with Gasteiger partial charge in [-0.2, -0.15) is 0 Å². The molecule has 0 bridgehead atoms. The maximum atomic E-state index is 13.1. The summed E-state index contributed by atoms with van der Waals surface area (Å²) in [5.41, 5.74) is 1.47. The third-order valence-corrected chi connectivity index (χ3v) is 6.25. The van der Waals surface area contributed by atoms with Crippen LogP contribution in [-0.2, 0) is 4.79 Å². The predicted molar refractivity (Wildman–Crippen MR) is 108 cm³/mol. The van der Waals surface area contributed by atoms with Crippen LogP contribution >= 0.6 is 22.9 Å². The van der Waals surface area contributed by atoms with E-state index in [9.17, 15) is 9.18 Å². The number of halogens is 2. The van der Waals surface area contributed by atoms with Gasteiger partial charge in [-0.25, -0.2) is 9.37 Å². The number of hydrogen-bond donors (Lipinski definition) is 1. The van der Waals surface area contributed by atoms with Crippen LogP contribution in [0.2, 0.25) is 5.02 Å². The van der Waals surface area contributed by atoms with E-state index >= 15 is 0 Å². The van der Waals surface area contributed by atoms with Crippen LogP contribution in [0.15, 0.2) is 42.5 Å². The topological polar surface area (TPSA) is 45.2 Å².